The van der Waals surface area contributed by atoms with E-state index in [1.165, 1.54) is 231 Å². The minimum absolute atomic E-state index is 0.0339. The van der Waals surface area contributed by atoms with Gasteiger partial charge in [-0.1, -0.05) is 344 Å². The van der Waals surface area contributed by atoms with E-state index in [0.717, 1.165) is 83.5 Å². The predicted molar refractivity (Wildman–Crippen MR) is 370 cm³/mol. The van der Waals surface area contributed by atoms with Crippen molar-refractivity contribution in [3.05, 3.63) is 72.9 Å². The van der Waals surface area contributed by atoms with Crippen LogP contribution in [0.4, 0.5) is 0 Å². The number of allylic oxidation sites excluding steroid dienone is 12. The van der Waals surface area contributed by atoms with E-state index < -0.39 is 26.5 Å². The highest BCUT2D eigenvalue weighted by molar-refractivity contribution is 7.45. The smallest absolute Gasteiger partial charge is 0.306 e. The molecule has 0 bridgehead atoms. The van der Waals surface area contributed by atoms with Crippen molar-refractivity contribution >= 4 is 19.8 Å². The number of unbranched alkanes of at least 4 members (excludes halogenated alkanes) is 42. The van der Waals surface area contributed by atoms with Crippen LogP contribution in [0.1, 0.15) is 348 Å². The topological polar surface area (TPSA) is 111 Å². The first-order valence-corrected chi connectivity index (χ1v) is 38.1. The number of hydrogen-bond donors (Lipinski definition) is 0. The number of likely N-dealkylation sites (N-methyl/N-ethyl adjacent to an activating group) is 1. The van der Waals surface area contributed by atoms with Crippen molar-refractivity contribution in [2.45, 2.75) is 354 Å². The number of carbonyl (C=O) groups excluding carboxylic acids is 2. The molecule has 0 aromatic carbocycles. The minimum Gasteiger partial charge on any atom is -0.756 e. The molecule has 0 amide bonds. The Morgan fingerprint density at radius 3 is 0.988 bits per heavy atom. The number of esters is 2. The summed E-state index contributed by atoms with van der Waals surface area (Å²) in [6.07, 6.45) is 90.1. The van der Waals surface area contributed by atoms with E-state index in [1.54, 1.807) is 0 Å². The Morgan fingerprint density at radius 1 is 0.372 bits per heavy atom. The van der Waals surface area contributed by atoms with Crippen molar-refractivity contribution in [1.29, 1.82) is 0 Å². The molecule has 2 atom stereocenters. The average molecular weight is 1230 g/mol. The van der Waals surface area contributed by atoms with Crippen LogP contribution in [0.15, 0.2) is 72.9 Å². The number of rotatable bonds is 68. The van der Waals surface area contributed by atoms with E-state index in [4.69, 9.17) is 18.5 Å². The van der Waals surface area contributed by atoms with Gasteiger partial charge in [0, 0.05) is 12.8 Å². The molecule has 0 aliphatic heterocycles. The van der Waals surface area contributed by atoms with Crippen LogP contribution >= 0.6 is 7.82 Å². The fourth-order valence-corrected chi connectivity index (χ4v) is 11.4. The summed E-state index contributed by atoms with van der Waals surface area (Å²) in [5, 5.41) is 0. The van der Waals surface area contributed by atoms with Gasteiger partial charge in [0.05, 0.1) is 27.7 Å². The SMILES string of the molecule is CC/C=C\C/C=C\C/C=C\C/C=C\C/C=C\C/C=C\CCCCCCCCCCC(=O)OC(COC(=O)CCCCCCCCCCCCCCCCCCCCCCCCCCCCCCCCCCCCC)COP(=O)([O-])OCC[N+](C)(C)C. The first-order chi connectivity index (χ1) is 42.0. The zero-order valence-corrected chi connectivity index (χ0v) is 58.2. The third-order valence-corrected chi connectivity index (χ3v) is 17.2. The number of carbonyl (C=O) groups is 2. The molecule has 0 spiro atoms. The number of ether oxygens (including phenoxy) is 2. The van der Waals surface area contributed by atoms with Crippen molar-refractivity contribution in [2.75, 3.05) is 47.5 Å². The highest BCUT2D eigenvalue weighted by Gasteiger charge is 2.22. The van der Waals surface area contributed by atoms with Gasteiger partial charge >= 0.3 is 11.9 Å². The highest BCUT2D eigenvalue weighted by Crippen LogP contribution is 2.38. The Labute approximate surface area is 533 Å². The fourth-order valence-electron chi connectivity index (χ4n) is 10.7. The van der Waals surface area contributed by atoms with Gasteiger partial charge in [0.2, 0.25) is 0 Å². The molecule has 10 heteroatoms. The number of hydrogen-bond acceptors (Lipinski definition) is 8. The average Bonchev–Trinajstić information content (AvgIpc) is 3.53. The summed E-state index contributed by atoms with van der Waals surface area (Å²) in [6.45, 7) is 4.17. The lowest BCUT2D eigenvalue weighted by Crippen LogP contribution is -2.37. The van der Waals surface area contributed by atoms with Gasteiger partial charge in [-0.25, -0.2) is 0 Å². The normalized spacial score (nSPS) is 13.5. The quantitative estimate of drug-likeness (QED) is 0.0195. The molecule has 502 valence electrons. The number of quaternary nitrogens is 1. The van der Waals surface area contributed by atoms with Gasteiger partial charge in [-0.05, 0) is 64.2 Å². The first-order valence-electron chi connectivity index (χ1n) is 36.6. The molecule has 0 aliphatic rings. The standard InChI is InChI=1S/C76H140NO8P/c1-6-8-10-12-14-16-18-20-22-24-26-28-30-32-34-35-36-37-38-39-40-41-43-44-46-48-50-52-54-56-58-60-62-64-66-68-75(78)82-72-74(73-84-86(80,81)83-71-70-77(3,4)5)85-76(79)69-67-65-63-61-59-57-55-53-51-49-47-45-42-33-31-29-27-25-23-21-19-17-15-13-11-9-7-2/h9,11,15,17,21,23,27,29,33,42,47,49,74H,6-8,10,12-14,16,18-20,22,24-26,28,30-32,34-41,43-46,48,50-73H2,1-5H3/b11-9-,17-15-,23-21-,29-27-,42-33-,49-47-. The van der Waals surface area contributed by atoms with E-state index in [0.29, 0.717) is 17.4 Å². The zero-order chi connectivity index (χ0) is 62.6. The van der Waals surface area contributed by atoms with Crippen molar-refractivity contribution in [3.8, 4) is 0 Å². The van der Waals surface area contributed by atoms with Gasteiger partial charge in [-0.3, -0.25) is 14.2 Å². The van der Waals surface area contributed by atoms with Crippen LogP contribution in [0, 0.1) is 0 Å². The largest absolute Gasteiger partial charge is 0.756 e. The van der Waals surface area contributed by atoms with Crippen LogP contribution in [0.5, 0.6) is 0 Å². The van der Waals surface area contributed by atoms with Gasteiger partial charge in [0.15, 0.2) is 6.10 Å². The lowest BCUT2D eigenvalue weighted by atomic mass is 10.0. The van der Waals surface area contributed by atoms with Crippen LogP contribution in [-0.4, -0.2) is 70.0 Å². The van der Waals surface area contributed by atoms with E-state index in [9.17, 15) is 19.0 Å². The third-order valence-electron chi connectivity index (χ3n) is 16.2. The molecule has 0 rings (SSSR count). The second kappa shape index (κ2) is 66.9. The minimum atomic E-state index is -4.65. The molecule has 0 aromatic rings. The molecular formula is C76H140NO8P. The van der Waals surface area contributed by atoms with Crippen molar-refractivity contribution in [1.82, 2.24) is 0 Å². The lowest BCUT2D eigenvalue weighted by Gasteiger charge is -2.28. The summed E-state index contributed by atoms with van der Waals surface area (Å²) in [6, 6.07) is 0. The fraction of sp³-hybridized carbons (Fsp3) is 0.816. The molecule has 0 N–H and O–H groups in total. The number of phosphoric ester groups is 1. The summed E-state index contributed by atoms with van der Waals surface area (Å²) in [4.78, 5) is 38.1. The Morgan fingerprint density at radius 2 is 0.663 bits per heavy atom. The Bertz CT molecular complexity index is 1680. The Kier molecular flexibility index (Phi) is 64.9. The molecule has 9 nitrogen and oxygen atoms in total. The molecule has 0 heterocycles. The van der Waals surface area contributed by atoms with Crippen LogP contribution in [-0.2, 0) is 32.7 Å². The molecule has 2 unspecified atom stereocenters. The molecule has 0 radical (unpaired) electrons. The predicted octanol–water partition coefficient (Wildman–Crippen LogP) is 23.3. The molecule has 86 heavy (non-hydrogen) atoms. The van der Waals surface area contributed by atoms with Crippen molar-refractivity contribution in [2.24, 2.45) is 0 Å². The summed E-state index contributed by atoms with van der Waals surface area (Å²) in [5.74, 6) is -0.831. The third kappa shape index (κ3) is 70.5. The second-order valence-electron chi connectivity index (χ2n) is 25.9. The van der Waals surface area contributed by atoms with Gasteiger partial charge < -0.3 is 27.9 Å². The highest BCUT2D eigenvalue weighted by atomic mass is 31.2. The monoisotopic (exact) mass is 1230 g/mol. The Hall–Kier alpha value is -2.55. The summed E-state index contributed by atoms with van der Waals surface area (Å²) >= 11 is 0. The van der Waals surface area contributed by atoms with Crippen LogP contribution in [0.2, 0.25) is 0 Å². The Balaban J connectivity index is 3.99. The van der Waals surface area contributed by atoms with E-state index >= 15 is 0 Å². The van der Waals surface area contributed by atoms with Crippen molar-refractivity contribution < 1.29 is 42.1 Å². The zero-order valence-electron chi connectivity index (χ0n) is 57.3. The summed E-state index contributed by atoms with van der Waals surface area (Å²) < 4.78 is 34.3. The van der Waals surface area contributed by atoms with Gasteiger partial charge in [0.25, 0.3) is 7.82 Å². The van der Waals surface area contributed by atoms with Crippen molar-refractivity contribution in [3.63, 3.8) is 0 Å². The van der Waals surface area contributed by atoms with E-state index in [-0.39, 0.29) is 32.0 Å². The lowest BCUT2D eigenvalue weighted by molar-refractivity contribution is -0.870. The number of nitrogens with zero attached hydrogens (tertiary/aromatic N) is 1. The maximum absolute atomic E-state index is 12.9. The molecule has 0 saturated carbocycles. The molecule has 0 saturated heterocycles. The van der Waals surface area contributed by atoms with Crippen LogP contribution in [0.25, 0.3) is 0 Å². The maximum Gasteiger partial charge on any atom is 0.306 e. The van der Waals surface area contributed by atoms with Crippen LogP contribution in [0.3, 0.4) is 0 Å². The summed E-state index contributed by atoms with van der Waals surface area (Å²) in [5.41, 5.74) is 0. The van der Waals surface area contributed by atoms with E-state index in [1.807, 2.05) is 21.1 Å². The van der Waals surface area contributed by atoms with Gasteiger partial charge in [-0.2, -0.15) is 0 Å². The summed E-state index contributed by atoms with van der Waals surface area (Å²) in [7, 11) is 1.17. The first kappa shape index (κ1) is 83.5. The van der Waals surface area contributed by atoms with E-state index in [2.05, 4.69) is 86.8 Å². The molecule has 0 fully saturated rings. The van der Waals surface area contributed by atoms with Gasteiger partial charge in [0.1, 0.15) is 19.8 Å². The molecular weight excluding hydrogens is 1090 g/mol. The second-order valence-corrected chi connectivity index (χ2v) is 27.3. The molecule has 0 aromatic heterocycles. The molecule has 0 aliphatic carbocycles. The number of phosphoric acid groups is 1. The van der Waals surface area contributed by atoms with Crippen LogP contribution < -0.4 is 4.89 Å². The van der Waals surface area contributed by atoms with Gasteiger partial charge in [-0.15, -0.1) is 0 Å². The maximum atomic E-state index is 12.9.